The number of fused-ring (bicyclic) bond motifs is 2. The van der Waals surface area contributed by atoms with E-state index in [-0.39, 0.29) is 22.4 Å². The highest BCUT2D eigenvalue weighted by atomic mass is 35.5. The number of carboxylic acid groups (broad SMARTS) is 1. The summed E-state index contributed by atoms with van der Waals surface area (Å²) in [5.41, 5.74) is 3.21. The molecule has 1 fully saturated rings. The molecule has 1 N–H and O–H groups in total. The Kier molecular flexibility index (Phi) is 4.38. The molecule has 6 heteroatoms. The summed E-state index contributed by atoms with van der Waals surface area (Å²) in [6.07, 6.45) is 0.752. The van der Waals surface area contributed by atoms with Gasteiger partial charge in [0.25, 0.3) is 0 Å². The van der Waals surface area contributed by atoms with Crippen LogP contribution < -0.4 is 4.90 Å². The molecule has 1 saturated carbocycles. The van der Waals surface area contributed by atoms with Crippen LogP contribution in [0.25, 0.3) is 0 Å². The van der Waals surface area contributed by atoms with Gasteiger partial charge in [0.05, 0.1) is 22.5 Å². The van der Waals surface area contributed by atoms with Crippen molar-refractivity contribution in [1.29, 1.82) is 0 Å². The highest BCUT2D eigenvalue weighted by Crippen LogP contribution is 2.66. The number of carbonyl (C=O) groups excluding carboxylic acids is 1. The van der Waals surface area contributed by atoms with Crippen molar-refractivity contribution in [1.82, 2.24) is 0 Å². The van der Waals surface area contributed by atoms with E-state index in [1.807, 2.05) is 48.5 Å². The van der Waals surface area contributed by atoms with Crippen molar-refractivity contribution in [2.45, 2.75) is 24.3 Å². The van der Waals surface area contributed by atoms with Crippen LogP contribution in [0, 0.1) is 0 Å². The molecule has 2 atom stereocenters. The van der Waals surface area contributed by atoms with Crippen LogP contribution in [0.3, 0.4) is 0 Å². The first-order valence-electron chi connectivity index (χ1n) is 9.60. The molecule has 4 nitrogen and oxygen atoms in total. The molecule has 3 aromatic carbocycles. The van der Waals surface area contributed by atoms with Gasteiger partial charge in [-0.3, -0.25) is 4.79 Å². The molecule has 1 amide bonds. The van der Waals surface area contributed by atoms with Crippen molar-refractivity contribution in [2.75, 3.05) is 4.90 Å². The second kappa shape index (κ2) is 6.86. The zero-order valence-electron chi connectivity index (χ0n) is 15.8. The molecule has 0 unspecified atom stereocenters. The molecule has 2 aliphatic rings. The van der Waals surface area contributed by atoms with Crippen molar-refractivity contribution in [3.8, 4) is 0 Å². The second-order valence-corrected chi connectivity index (χ2v) is 8.65. The van der Waals surface area contributed by atoms with Gasteiger partial charge in [-0.1, -0.05) is 59.6 Å². The van der Waals surface area contributed by atoms with Gasteiger partial charge >= 0.3 is 5.97 Å². The van der Waals surface area contributed by atoms with Gasteiger partial charge in [0.2, 0.25) is 5.91 Å². The first-order valence-corrected chi connectivity index (χ1v) is 10.4. The molecule has 0 radical (unpaired) electrons. The minimum atomic E-state index is -1.09. The molecular formula is C24H17Cl2NO3. The Balaban J connectivity index is 1.52. The fourth-order valence-electron chi connectivity index (χ4n) is 4.62. The number of amides is 1. The molecule has 3 aromatic rings. The van der Waals surface area contributed by atoms with Crippen LogP contribution in [0.4, 0.5) is 5.69 Å². The number of benzene rings is 3. The van der Waals surface area contributed by atoms with E-state index in [0.29, 0.717) is 11.6 Å². The average molecular weight is 438 g/mol. The number of halogens is 2. The number of rotatable bonds is 4. The first kappa shape index (κ1) is 19.2. The molecule has 1 spiro atoms. The lowest BCUT2D eigenvalue weighted by Gasteiger charge is -2.19. The smallest absolute Gasteiger partial charge is 0.337 e. The Morgan fingerprint density at radius 3 is 2.53 bits per heavy atom. The number of carboxylic acids is 1. The summed E-state index contributed by atoms with van der Waals surface area (Å²) in [7, 11) is 0. The molecule has 0 saturated heterocycles. The number of nitrogens with zero attached hydrogens (tertiary/aromatic N) is 1. The van der Waals surface area contributed by atoms with E-state index in [1.54, 1.807) is 17.0 Å². The molecule has 0 bridgehead atoms. The lowest BCUT2D eigenvalue weighted by Crippen LogP contribution is -2.32. The molecule has 1 heterocycles. The van der Waals surface area contributed by atoms with E-state index >= 15 is 0 Å². The Bertz CT molecular complexity index is 1190. The predicted molar refractivity (Wildman–Crippen MR) is 117 cm³/mol. The van der Waals surface area contributed by atoms with Gasteiger partial charge in [-0.2, -0.15) is 0 Å². The highest BCUT2D eigenvalue weighted by molar-refractivity contribution is 6.33. The highest BCUT2D eigenvalue weighted by Gasteiger charge is 2.67. The topological polar surface area (TPSA) is 57.6 Å². The van der Waals surface area contributed by atoms with Crippen molar-refractivity contribution < 1.29 is 14.7 Å². The fraction of sp³-hybridized carbons (Fsp3) is 0.167. The lowest BCUT2D eigenvalue weighted by molar-refractivity contribution is -0.120. The van der Waals surface area contributed by atoms with E-state index in [9.17, 15) is 14.7 Å². The Hall–Kier alpha value is -2.82. The first-order chi connectivity index (χ1) is 14.4. The van der Waals surface area contributed by atoms with Crippen LogP contribution >= 0.6 is 23.2 Å². The van der Waals surface area contributed by atoms with Crippen molar-refractivity contribution in [3.63, 3.8) is 0 Å². The van der Waals surface area contributed by atoms with Crippen LogP contribution in [0.15, 0.2) is 66.7 Å². The Morgan fingerprint density at radius 1 is 1.07 bits per heavy atom. The predicted octanol–water partition coefficient (Wildman–Crippen LogP) is 5.66. The number of hydrogen-bond donors (Lipinski definition) is 1. The summed E-state index contributed by atoms with van der Waals surface area (Å²) >= 11 is 12.0. The monoisotopic (exact) mass is 437 g/mol. The van der Waals surface area contributed by atoms with E-state index in [1.165, 1.54) is 6.07 Å². The fourth-order valence-corrected chi connectivity index (χ4v) is 4.94. The zero-order valence-corrected chi connectivity index (χ0v) is 17.3. The number of anilines is 1. The van der Waals surface area contributed by atoms with Crippen LogP contribution in [0.1, 0.15) is 39.4 Å². The van der Waals surface area contributed by atoms with E-state index in [2.05, 4.69) is 0 Å². The maximum Gasteiger partial charge on any atom is 0.337 e. The number of hydrogen-bond acceptors (Lipinski definition) is 2. The van der Waals surface area contributed by atoms with Gasteiger partial charge in [-0.25, -0.2) is 4.79 Å². The van der Waals surface area contributed by atoms with E-state index in [0.717, 1.165) is 28.8 Å². The minimum Gasteiger partial charge on any atom is -0.478 e. The summed E-state index contributed by atoms with van der Waals surface area (Å²) in [5.74, 6) is -0.930. The third kappa shape index (κ3) is 2.83. The lowest BCUT2D eigenvalue weighted by atomic mass is 9.92. The van der Waals surface area contributed by atoms with E-state index < -0.39 is 11.4 Å². The van der Waals surface area contributed by atoms with Crippen LogP contribution in [0.2, 0.25) is 10.0 Å². The van der Waals surface area contributed by atoms with Gasteiger partial charge < -0.3 is 10.0 Å². The van der Waals surface area contributed by atoms with Crippen LogP contribution in [-0.2, 0) is 16.8 Å². The summed E-state index contributed by atoms with van der Waals surface area (Å²) in [6.45, 7) is 0.294. The number of aromatic carboxylic acids is 1. The van der Waals surface area contributed by atoms with Gasteiger partial charge in [0, 0.05) is 16.6 Å². The third-order valence-electron chi connectivity index (χ3n) is 6.14. The average Bonchev–Trinajstić information content (AvgIpc) is 3.45. The van der Waals surface area contributed by atoms with Gasteiger partial charge in [-0.05, 0) is 53.4 Å². The van der Waals surface area contributed by atoms with Crippen LogP contribution in [-0.4, -0.2) is 17.0 Å². The zero-order chi connectivity index (χ0) is 21.0. The minimum absolute atomic E-state index is 0.0364. The van der Waals surface area contributed by atoms with Gasteiger partial charge in [0.15, 0.2) is 0 Å². The quantitative estimate of drug-likeness (QED) is 0.572. The van der Waals surface area contributed by atoms with E-state index in [4.69, 9.17) is 23.2 Å². The number of carbonyl (C=O) groups is 2. The summed E-state index contributed by atoms with van der Waals surface area (Å²) in [5, 5.41) is 10.2. The molecule has 150 valence electrons. The SMILES string of the molecule is O=C(O)c1cc(CN2C(=O)[C@@]3(C[C@H]3c3ccc(Cl)cc3)c3ccccc32)ccc1Cl. The molecule has 0 aromatic heterocycles. The summed E-state index contributed by atoms with van der Waals surface area (Å²) < 4.78 is 0. The largest absolute Gasteiger partial charge is 0.478 e. The Labute approximate surface area is 183 Å². The van der Waals surface area contributed by atoms with Gasteiger partial charge in [-0.15, -0.1) is 0 Å². The molecule has 30 heavy (non-hydrogen) atoms. The van der Waals surface area contributed by atoms with Crippen molar-refractivity contribution >= 4 is 40.8 Å². The van der Waals surface area contributed by atoms with Gasteiger partial charge in [0.1, 0.15) is 0 Å². The standard InChI is InChI=1S/C24H17Cl2NO3/c25-16-8-6-15(7-9-16)19-12-24(19)18-3-1-2-4-21(18)27(23(24)30)13-14-5-10-20(26)17(11-14)22(28)29/h1-11,19H,12-13H2,(H,28,29)/t19-,24-/m0/s1. The molecule has 5 rings (SSSR count). The molecule has 1 aliphatic heterocycles. The molecule has 1 aliphatic carbocycles. The molecular weight excluding hydrogens is 421 g/mol. The van der Waals surface area contributed by atoms with Crippen molar-refractivity contribution in [2.24, 2.45) is 0 Å². The van der Waals surface area contributed by atoms with Crippen LogP contribution in [0.5, 0.6) is 0 Å². The summed E-state index contributed by atoms with van der Waals surface area (Å²) in [4.78, 5) is 26.8. The Morgan fingerprint density at radius 2 is 1.80 bits per heavy atom. The maximum absolute atomic E-state index is 13.6. The maximum atomic E-state index is 13.6. The summed E-state index contributed by atoms with van der Waals surface area (Å²) in [6, 6.07) is 20.4. The van der Waals surface area contributed by atoms with Crippen molar-refractivity contribution in [3.05, 3.63) is 99.0 Å². The third-order valence-corrected chi connectivity index (χ3v) is 6.72. The number of para-hydroxylation sites is 1. The second-order valence-electron chi connectivity index (χ2n) is 7.81. The normalized spacial score (nSPS) is 21.7.